The lowest BCUT2D eigenvalue weighted by atomic mass is 9.82. The third kappa shape index (κ3) is 2.18. The first-order valence-corrected chi connectivity index (χ1v) is 7.72. The number of halogens is 1. The van der Waals surface area contributed by atoms with Crippen LogP contribution >= 0.6 is 15.9 Å². The summed E-state index contributed by atoms with van der Waals surface area (Å²) in [6.45, 7) is 4.58. The first kappa shape index (κ1) is 12.7. The average Bonchev–Trinajstić information content (AvgIpc) is 2.76. The smallest absolute Gasteiger partial charge is 0.135 e. The van der Waals surface area contributed by atoms with E-state index in [2.05, 4.69) is 60.1 Å². The van der Waals surface area contributed by atoms with Crippen LogP contribution in [0.15, 0.2) is 46.9 Å². The van der Waals surface area contributed by atoms with Crippen LogP contribution < -0.4 is 0 Å². The molecule has 0 aliphatic carbocycles. The van der Waals surface area contributed by atoms with Gasteiger partial charge in [-0.05, 0) is 35.6 Å². The van der Waals surface area contributed by atoms with Gasteiger partial charge in [0.15, 0.2) is 0 Å². The molecular formula is C17H17BrO. The number of alkyl halides is 1. The quantitative estimate of drug-likeness (QED) is 0.569. The molecule has 0 aliphatic rings. The van der Waals surface area contributed by atoms with Crippen molar-refractivity contribution < 1.29 is 4.42 Å². The summed E-state index contributed by atoms with van der Waals surface area (Å²) < 4.78 is 5.87. The van der Waals surface area contributed by atoms with E-state index in [4.69, 9.17) is 4.42 Å². The molecule has 1 nitrogen and oxygen atoms in total. The maximum Gasteiger partial charge on any atom is 0.135 e. The minimum Gasteiger partial charge on any atom is -0.456 e. The van der Waals surface area contributed by atoms with Crippen molar-refractivity contribution in [1.82, 2.24) is 0 Å². The van der Waals surface area contributed by atoms with E-state index in [9.17, 15) is 0 Å². The van der Waals surface area contributed by atoms with Gasteiger partial charge >= 0.3 is 0 Å². The molecule has 0 N–H and O–H groups in total. The summed E-state index contributed by atoms with van der Waals surface area (Å²) in [5, 5.41) is 3.44. The minimum absolute atomic E-state index is 0.177. The zero-order chi connectivity index (χ0) is 13.5. The summed E-state index contributed by atoms with van der Waals surface area (Å²) in [7, 11) is 0. The van der Waals surface area contributed by atoms with Gasteiger partial charge in [-0.15, -0.1) is 0 Å². The number of hydrogen-bond donors (Lipinski definition) is 0. The molecule has 0 aliphatic heterocycles. The highest BCUT2D eigenvalue weighted by atomic mass is 79.9. The van der Waals surface area contributed by atoms with E-state index in [-0.39, 0.29) is 5.41 Å². The van der Waals surface area contributed by atoms with Gasteiger partial charge in [0, 0.05) is 16.1 Å². The molecule has 0 atom stereocenters. The number of benzene rings is 2. The van der Waals surface area contributed by atoms with E-state index >= 15 is 0 Å². The standard InChI is InChI=1S/C17H17BrO/c1-17(2,9-10-18)12-7-8-16-14(11-12)13-5-3-4-6-15(13)19-16/h3-8,11H,9-10H2,1-2H3. The molecule has 3 rings (SSSR count). The fraction of sp³-hybridized carbons (Fsp3) is 0.294. The maximum absolute atomic E-state index is 5.87. The van der Waals surface area contributed by atoms with Gasteiger partial charge in [0.1, 0.15) is 11.2 Å². The van der Waals surface area contributed by atoms with Crippen LogP contribution in [0.4, 0.5) is 0 Å². The van der Waals surface area contributed by atoms with Crippen molar-refractivity contribution in [3.05, 3.63) is 48.0 Å². The Morgan fingerprint density at radius 3 is 2.53 bits per heavy atom. The van der Waals surface area contributed by atoms with Crippen LogP contribution in [0.5, 0.6) is 0 Å². The SMILES string of the molecule is CC(C)(CCBr)c1ccc2oc3ccccc3c2c1. The van der Waals surface area contributed by atoms with E-state index in [0.717, 1.165) is 22.9 Å². The van der Waals surface area contributed by atoms with Crippen LogP contribution in [-0.2, 0) is 5.41 Å². The van der Waals surface area contributed by atoms with E-state index in [1.807, 2.05) is 12.1 Å². The van der Waals surface area contributed by atoms with Gasteiger partial charge in [0.25, 0.3) is 0 Å². The number of fused-ring (bicyclic) bond motifs is 3. The lowest BCUT2D eigenvalue weighted by Crippen LogP contribution is -2.17. The summed E-state index contributed by atoms with van der Waals surface area (Å²) in [4.78, 5) is 0. The number of hydrogen-bond acceptors (Lipinski definition) is 1. The minimum atomic E-state index is 0.177. The normalized spacial score (nSPS) is 12.4. The average molecular weight is 317 g/mol. The summed E-state index contributed by atoms with van der Waals surface area (Å²) in [5.41, 5.74) is 3.48. The van der Waals surface area contributed by atoms with Crippen LogP contribution in [0.25, 0.3) is 21.9 Å². The van der Waals surface area contributed by atoms with Crippen LogP contribution in [0, 0.1) is 0 Å². The zero-order valence-electron chi connectivity index (χ0n) is 11.2. The van der Waals surface area contributed by atoms with Crippen LogP contribution in [-0.4, -0.2) is 5.33 Å². The zero-order valence-corrected chi connectivity index (χ0v) is 12.8. The van der Waals surface area contributed by atoms with E-state index in [1.165, 1.54) is 16.3 Å². The Labute approximate surface area is 121 Å². The predicted molar refractivity (Wildman–Crippen MR) is 85.2 cm³/mol. The largest absolute Gasteiger partial charge is 0.456 e. The van der Waals surface area contributed by atoms with Gasteiger partial charge in [-0.3, -0.25) is 0 Å². The highest BCUT2D eigenvalue weighted by molar-refractivity contribution is 9.09. The second kappa shape index (κ2) is 4.68. The van der Waals surface area contributed by atoms with Gasteiger partial charge in [-0.2, -0.15) is 0 Å². The highest BCUT2D eigenvalue weighted by Gasteiger charge is 2.20. The molecule has 1 heterocycles. The topological polar surface area (TPSA) is 13.1 Å². The Balaban J connectivity index is 2.22. The highest BCUT2D eigenvalue weighted by Crippen LogP contribution is 2.34. The number of furan rings is 1. The van der Waals surface area contributed by atoms with E-state index in [1.54, 1.807) is 0 Å². The lowest BCUT2D eigenvalue weighted by molar-refractivity contribution is 0.513. The molecule has 3 aromatic rings. The monoisotopic (exact) mass is 316 g/mol. The lowest BCUT2D eigenvalue weighted by Gasteiger charge is -2.24. The first-order valence-electron chi connectivity index (χ1n) is 6.59. The molecule has 0 unspecified atom stereocenters. The Hall–Kier alpha value is -1.28. The summed E-state index contributed by atoms with van der Waals surface area (Å²) >= 11 is 3.55. The molecule has 0 saturated carbocycles. The predicted octanol–water partition coefficient (Wildman–Crippen LogP) is 5.65. The Kier molecular flexibility index (Phi) is 3.14. The number of para-hydroxylation sites is 1. The van der Waals surface area contributed by atoms with Gasteiger partial charge in [0.05, 0.1) is 0 Å². The van der Waals surface area contributed by atoms with Crippen LogP contribution in [0.1, 0.15) is 25.8 Å². The maximum atomic E-state index is 5.87. The summed E-state index contributed by atoms with van der Waals surface area (Å²) in [5.74, 6) is 0. The van der Waals surface area contributed by atoms with E-state index in [0.29, 0.717) is 0 Å². The van der Waals surface area contributed by atoms with Crippen molar-refractivity contribution in [3.8, 4) is 0 Å². The molecule has 0 spiro atoms. The van der Waals surface area contributed by atoms with Gasteiger partial charge < -0.3 is 4.42 Å². The molecule has 1 aromatic heterocycles. The van der Waals surface area contributed by atoms with E-state index < -0.39 is 0 Å². The molecule has 0 fully saturated rings. The Morgan fingerprint density at radius 2 is 1.74 bits per heavy atom. The molecule has 2 heteroatoms. The third-order valence-electron chi connectivity index (χ3n) is 3.88. The van der Waals surface area contributed by atoms with Crippen molar-refractivity contribution in [2.24, 2.45) is 0 Å². The van der Waals surface area contributed by atoms with Crippen LogP contribution in [0.2, 0.25) is 0 Å². The molecule has 0 amide bonds. The molecule has 19 heavy (non-hydrogen) atoms. The second-order valence-electron chi connectivity index (χ2n) is 5.63. The molecule has 2 aromatic carbocycles. The van der Waals surface area contributed by atoms with Crippen molar-refractivity contribution in [3.63, 3.8) is 0 Å². The van der Waals surface area contributed by atoms with Crippen LogP contribution in [0.3, 0.4) is 0 Å². The second-order valence-corrected chi connectivity index (χ2v) is 6.43. The van der Waals surface area contributed by atoms with Gasteiger partial charge in [0.2, 0.25) is 0 Å². The Bertz CT molecular complexity index is 724. The van der Waals surface area contributed by atoms with Gasteiger partial charge in [-0.1, -0.05) is 54.0 Å². The number of rotatable bonds is 3. The summed E-state index contributed by atoms with van der Waals surface area (Å²) in [6.07, 6.45) is 1.12. The fourth-order valence-electron chi connectivity index (χ4n) is 2.53. The molecule has 0 radical (unpaired) electrons. The molecule has 0 bridgehead atoms. The third-order valence-corrected chi connectivity index (χ3v) is 4.27. The van der Waals surface area contributed by atoms with Crippen molar-refractivity contribution >= 4 is 37.9 Å². The molecule has 0 saturated heterocycles. The molecular weight excluding hydrogens is 300 g/mol. The molecule has 98 valence electrons. The van der Waals surface area contributed by atoms with Crippen molar-refractivity contribution in [2.45, 2.75) is 25.7 Å². The van der Waals surface area contributed by atoms with Crippen molar-refractivity contribution in [1.29, 1.82) is 0 Å². The summed E-state index contributed by atoms with van der Waals surface area (Å²) in [6, 6.07) is 14.8. The Morgan fingerprint density at radius 1 is 1.00 bits per heavy atom. The first-order chi connectivity index (χ1) is 9.12. The van der Waals surface area contributed by atoms with Crippen molar-refractivity contribution in [2.75, 3.05) is 5.33 Å². The van der Waals surface area contributed by atoms with Gasteiger partial charge in [-0.25, -0.2) is 0 Å². The fourth-order valence-corrected chi connectivity index (χ4v) is 3.52.